The summed E-state index contributed by atoms with van der Waals surface area (Å²) < 4.78 is 0. The average molecular weight is 265 g/mol. The number of aryl methyl sites for hydroxylation is 1. The Labute approximate surface area is 117 Å². The molecular weight excluding hydrogens is 250 g/mol. The molecule has 1 amide bonds. The summed E-state index contributed by atoms with van der Waals surface area (Å²) in [4.78, 5) is 19.9. The van der Waals surface area contributed by atoms with Crippen molar-refractivity contribution in [3.05, 3.63) is 59.7 Å². The van der Waals surface area contributed by atoms with Crippen LogP contribution in [0.25, 0.3) is 0 Å². The first-order chi connectivity index (χ1) is 9.84. The maximum Gasteiger partial charge on any atom is 0.254 e. The Balaban J connectivity index is 1.52. The minimum absolute atomic E-state index is 0.0671. The molecule has 2 aliphatic rings. The molecule has 4 heteroatoms. The predicted molar refractivity (Wildman–Crippen MR) is 74.3 cm³/mol. The average Bonchev–Trinajstić information content (AvgIpc) is 3.22. The van der Waals surface area contributed by atoms with Gasteiger partial charge < -0.3 is 5.32 Å². The number of hydrogen-bond acceptors (Lipinski definition) is 3. The van der Waals surface area contributed by atoms with Gasteiger partial charge in [-0.3, -0.25) is 4.79 Å². The number of hydrogen-bond donors (Lipinski definition) is 1. The normalized spacial score (nSPS) is 26.3. The summed E-state index contributed by atoms with van der Waals surface area (Å²) in [6, 6.07) is 8.85. The third-order valence-electron chi connectivity index (χ3n) is 4.45. The summed E-state index contributed by atoms with van der Waals surface area (Å²) in [6.07, 6.45) is 6.84. The van der Waals surface area contributed by atoms with Crippen molar-refractivity contribution in [2.75, 3.05) is 0 Å². The standard InChI is InChI=1S/C16H15N3O/c20-16(11-7-17-9-18-8-11)19-15-13-6-5-10-3-1-2-4-12(10)14(13)15/h1-4,7-9,13-15H,5-6H2,(H,19,20). The fraction of sp³-hybridized carbons (Fsp3) is 0.312. The number of carbonyl (C=O) groups is 1. The minimum Gasteiger partial charge on any atom is -0.348 e. The van der Waals surface area contributed by atoms with Gasteiger partial charge in [0, 0.05) is 24.4 Å². The molecule has 2 aromatic rings. The molecule has 3 atom stereocenters. The first kappa shape index (κ1) is 11.6. The van der Waals surface area contributed by atoms with Gasteiger partial charge in [-0.05, 0) is 29.9 Å². The van der Waals surface area contributed by atoms with Crippen molar-refractivity contribution >= 4 is 5.91 Å². The van der Waals surface area contributed by atoms with Crippen molar-refractivity contribution in [2.45, 2.75) is 24.8 Å². The zero-order valence-electron chi connectivity index (χ0n) is 11.0. The van der Waals surface area contributed by atoms with Crippen molar-refractivity contribution in [1.29, 1.82) is 0 Å². The van der Waals surface area contributed by atoms with Crippen LogP contribution in [0, 0.1) is 5.92 Å². The van der Waals surface area contributed by atoms with E-state index in [1.54, 1.807) is 12.4 Å². The van der Waals surface area contributed by atoms with Gasteiger partial charge in [-0.1, -0.05) is 24.3 Å². The quantitative estimate of drug-likeness (QED) is 0.902. The van der Waals surface area contributed by atoms with Crippen LogP contribution in [0.5, 0.6) is 0 Å². The Bertz CT molecular complexity index is 656. The second-order valence-electron chi connectivity index (χ2n) is 5.55. The van der Waals surface area contributed by atoms with Crippen molar-refractivity contribution in [1.82, 2.24) is 15.3 Å². The molecule has 1 fully saturated rings. The van der Waals surface area contributed by atoms with E-state index in [1.807, 2.05) is 0 Å². The topological polar surface area (TPSA) is 54.9 Å². The van der Waals surface area contributed by atoms with E-state index in [-0.39, 0.29) is 11.9 Å². The number of fused-ring (bicyclic) bond motifs is 3. The smallest absolute Gasteiger partial charge is 0.254 e. The summed E-state index contributed by atoms with van der Waals surface area (Å²) in [5.74, 6) is 1.02. The number of benzene rings is 1. The minimum atomic E-state index is -0.0671. The fourth-order valence-corrected chi connectivity index (χ4v) is 3.41. The van der Waals surface area contributed by atoms with Crippen LogP contribution in [0.3, 0.4) is 0 Å². The molecule has 20 heavy (non-hydrogen) atoms. The lowest BCUT2D eigenvalue weighted by Crippen LogP contribution is -2.27. The zero-order valence-corrected chi connectivity index (χ0v) is 11.0. The molecule has 1 N–H and O–H groups in total. The van der Waals surface area contributed by atoms with Gasteiger partial charge in [-0.25, -0.2) is 9.97 Å². The van der Waals surface area contributed by atoms with Gasteiger partial charge in [-0.2, -0.15) is 0 Å². The number of nitrogens with zero attached hydrogens (tertiary/aromatic N) is 2. The second kappa shape index (κ2) is 4.40. The van der Waals surface area contributed by atoms with E-state index >= 15 is 0 Å². The highest BCUT2D eigenvalue weighted by atomic mass is 16.1. The Morgan fingerprint density at radius 2 is 2.00 bits per heavy atom. The van der Waals surface area contributed by atoms with Gasteiger partial charge in [0.05, 0.1) is 5.56 Å². The van der Waals surface area contributed by atoms with Gasteiger partial charge in [-0.15, -0.1) is 0 Å². The Morgan fingerprint density at radius 3 is 2.85 bits per heavy atom. The highest BCUT2D eigenvalue weighted by molar-refractivity contribution is 5.94. The van der Waals surface area contributed by atoms with Crippen LogP contribution in [-0.2, 0) is 6.42 Å². The van der Waals surface area contributed by atoms with E-state index in [9.17, 15) is 4.79 Å². The molecule has 1 aromatic carbocycles. The molecule has 100 valence electrons. The molecule has 0 aliphatic heterocycles. The molecule has 4 nitrogen and oxygen atoms in total. The van der Waals surface area contributed by atoms with Crippen LogP contribution < -0.4 is 5.32 Å². The zero-order chi connectivity index (χ0) is 13.5. The maximum absolute atomic E-state index is 12.2. The van der Waals surface area contributed by atoms with Crippen LogP contribution in [0.15, 0.2) is 43.0 Å². The summed E-state index contributed by atoms with van der Waals surface area (Å²) in [5, 5.41) is 3.13. The Morgan fingerprint density at radius 1 is 1.20 bits per heavy atom. The molecule has 0 saturated heterocycles. The van der Waals surface area contributed by atoms with Gasteiger partial charge >= 0.3 is 0 Å². The van der Waals surface area contributed by atoms with Crippen molar-refractivity contribution < 1.29 is 4.79 Å². The van der Waals surface area contributed by atoms with Gasteiger partial charge in [0.2, 0.25) is 0 Å². The molecule has 2 aliphatic carbocycles. The molecule has 0 bridgehead atoms. The third kappa shape index (κ3) is 1.80. The van der Waals surface area contributed by atoms with Gasteiger partial charge in [0.15, 0.2) is 0 Å². The molecule has 1 saturated carbocycles. The first-order valence-corrected chi connectivity index (χ1v) is 6.98. The monoisotopic (exact) mass is 265 g/mol. The molecule has 0 spiro atoms. The van der Waals surface area contributed by atoms with E-state index in [0.717, 1.165) is 12.8 Å². The summed E-state index contributed by atoms with van der Waals surface area (Å²) >= 11 is 0. The largest absolute Gasteiger partial charge is 0.348 e. The lowest BCUT2D eigenvalue weighted by molar-refractivity contribution is 0.0947. The van der Waals surface area contributed by atoms with E-state index in [4.69, 9.17) is 0 Å². The van der Waals surface area contributed by atoms with Crippen LogP contribution in [-0.4, -0.2) is 21.9 Å². The van der Waals surface area contributed by atoms with E-state index in [1.165, 1.54) is 17.5 Å². The molecular formula is C16H15N3O. The fourth-order valence-electron chi connectivity index (χ4n) is 3.41. The molecule has 3 unspecified atom stereocenters. The number of nitrogens with one attached hydrogen (secondary N) is 1. The number of amides is 1. The van der Waals surface area contributed by atoms with Crippen LogP contribution in [0.4, 0.5) is 0 Å². The number of rotatable bonds is 2. The molecule has 0 radical (unpaired) electrons. The molecule has 1 heterocycles. The third-order valence-corrected chi connectivity index (χ3v) is 4.45. The highest BCUT2D eigenvalue weighted by Crippen LogP contribution is 2.54. The van der Waals surface area contributed by atoms with Crippen LogP contribution in [0.2, 0.25) is 0 Å². The van der Waals surface area contributed by atoms with E-state index < -0.39 is 0 Å². The van der Waals surface area contributed by atoms with Crippen LogP contribution in [0.1, 0.15) is 33.8 Å². The first-order valence-electron chi connectivity index (χ1n) is 6.98. The second-order valence-corrected chi connectivity index (χ2v) is 5.55. The van der Waals surface area contributed by atoms with E-state index in [2.05, 4.69) is 39.6 Å². The lowest BCUT2D eigenvalue weighted by Gasteiger charge is -2.13. The van der Waals surface area contributed by atoms with E-state index in [0.29, 0.717) is 17.4 Å². The summed E-state index contributed by atoms with van der Waals surface area (Å²) in [5.41, 5.74) is 3.39. The highest BCUT2D eigenvalue weighted by Gasteiger charge is 2.53. The van der Waals surface area contributed by atoms with Crippen molar-refractivity contribution in [2.24, 2.45) is 5.92 Å². The Kier molecular flexibility index (Phi) is 2.55. The molecule has 1 aromatic heterocycles. The molecule has 4 rings (SSSR count). The SMILES string of the molecule is O=C(NC1C2CCc3ccccc3C21)c1cncnc1. The van der Waals surface area contributed by atoms with Gasteiger partial charge in [0.1, 0.15) is 6.33 Å². The lowest BCUT2D eigenvalue weighted by atomic mass is 9.92. The van der Waals surface area contributed by atoms with Crippen molar-refractivity contribution in [3.63, 3.8) is 0 Å². The summed E-state index contributed by atoms with van der Waals surface area (Å²) in [6.45, 7) is 0. The Hall–Kier alpha value is -2.23. The number of carbonyl (C=O) groups excluding carboxylic acids is 1. The summed E-state index contributed by atoms with van der Waals surface area (Å²) in [7, 11) is 0. The van der Waals surface area contributed by atoms with Crippen molar-refractivity contribution in [3.8, 4) is 0 Å². The maximum atomic E-state index is 12.2. The van der Waals surface area contributed by atoms with Gasteiger partial charge in [0.25, 0.3) is 5.91 Å². The predicted octanol–water partition coefficient (Wildman–Crippen LogP) is 1.93. The number of aromatic nitrogens is 2. The van der Waals surface area contributed by atoms with Crippen LogP contribution >= 0.6 is 0 Å².